The zero-order valence-corrected chi connectivity index (χ0v) is 14.0. The van der Waals surface area contributed by atoms with E-state index in [-0.39, 0.29) is 18.4 Å². The Bertz CT molecular complexity index is 564. The lowest BCUT2D eigenvalue weighted by atomic mass is 9.90. The van der Waals surface area contributed by atoms with Crippen molar-refractivity contribution in [2.45, 2.75) is 46.1 Å². The second-order valence-electron chi connectivity index (χ2n) is 6.34. The van der Waals surface area contributed by atoms with Crippen LogP contribution in [0.3, 0.4) is 0 Å². The lowest BCUT2D eigenvalue weighted by Crippen LogP contribution is -2.49. The Hall–Kier alpha value is -2.04. The van der Waals surface area contributed by atoms with Gasteiger partial charge in [-0.2, -0.15) is 0 Å². The number of aliphatic carboxylic acids is 1. The minimum atomic E-state index is -0.818. The Morgan fingerprint density at radius 1 is 1.26 bits per heavy atom. The molecule has 23 heavy (non-hydrogen) atoms. The molecule has 1 aliphatic rings. The Kier molecular flexibility index (Phi) is 5.64. The van der Waals surface area contributed by atoms with E-state index < -0.39 is 11.9 Å². The fraction of sp³-hybridized carbons (Fsp3) is 0.556. The molecule has 1 aromatic carbocycles. The SMILES string of the molecule is Cc1cc(C)cc(OCCC(=O)N2CCC[C@@H](C(=O)O)[C@H]2C)c1. The van der Waals surface area contributed by atoms with Crippen LogP contribution in [0.15, 0.2) is 18.2 Å². The molecule has 0 saturated carbocycles. The maximum Gasteiger partial charge on any atom is 0.308 e. The number of hydrogen-bond donors (Lipinski definition) is 1. The van der Waals surface area contributed by atoms with Crippen molar-refractivity contribution in [3.8, 4) is 5.75 Å². The molecule has 2 atom stereocenters. The van der Waals surface area contributed by atoms with E-state index in [9.17, 15) is 14.7 Å². The highest BCUT2D eigenvalue weighted by Crippen LogP contribution is 2.24. The van der Waals surface area contributed by atoms with Crippen LogP contribution in [0.25, 0.3) is 0 Å². The quantitative estimate of drug-likeness (QED) is 0.906. The fourth-order valence-corrected chi connectivity index (χ4v) is 3.24. The van der Waals surface area contributed by atoms with Crippen LogP contribution in [-0.4, -0.2) is 41.1 Å². The molecule has 1 aliphatic heterocycles. The molecule has 0 radical (unpaired) electrons. The normalized spacial score (nSPS) is 21.1. The first kappa shape index (κ1) is 17.3. The van der Waals surface area contributed by atoms with Gasteiger partial charge in [0.15, 0.2) is 0 Å². The van der Waals surface area contributed by atoms with Crippen molar-refractivity contribution >= 4 is 11.9 Å². The maximum absolute atomic E-state index is 12.4. The molecule has 1 saturated heterocycles. The number of likely N-dealkylation sites (tertiary alicyclic amines) is 1. The van der Waals surface area contributed by atoms with Crippen LogP contribution in [0.5, 0.6) is 5.75 Å². The summed E-state index contributed by atoms with van der Waals surface area (Å²) in [6.45, 7) is 6.77. The minimum Gasteiger partial charge on any atom is -0.493 e. The summed E-state index contributed by atoms with van der Waals surface area (Å²) in [6, 6.07) is 5.71. The number of hydrogen-bond acceptors (Lipinski definition) is 3. The van der Waals surface area contributed by atoms with Crippen LogP contribution in [0, 0.1) is 19.8 Å². The molecule has 1 aromatic rings. The summed E-state index contributed by atoms with van der Waals surface area (Å²) in [4.78, 5) is 25.3. The van der Waals surface area contributed by atoms with Crippen molar-refractivity contribution in [2.75, 3.05) is 13.2 Å². The molecular weight excluding hydrogens is 294 g/mol. The number of carbonyl (C=O) groups excluding carboxylic acids is 1. The van der Waals surface area contributed by atoms with Crippen LogP contribution >= 0.6 is 0 Å². The molecule has 5 heteroatoms. The number of piperidine rings is 1. The number of carbonyl (C=O) groups is 2. The largest absolute Gasteiger partial charge is 0.493 e. The number of amides is 1. The number of aryl methyl sites for hydroxylation is 2. The number of carboxylic acid groups (broad SMARTS) is 1. The first-order valence-corrected chi connectivity index (χ1v) is 8.12. The third-order valence-electron chi connectivity index (χ3n) is 4.41. The predicted octanol–water partition coefficient (Wildman–Crippen LogP) is 2.78. The van der Waals surface area contributed by atoms with E-state index in [2.05, 4.69) is 6.07 Å². The number of ether oxygens (including phenoxy) is 1. The van der Waals surface area contributed by atoms with E-state index in [0.717, 1.165) is 23.3 Å². The third kappa shape index (κ3) is 4.47. The summed E-state index contributed by atoms with van der Waals surface area (Å²) >= 11 is 0. The van der Waals surface area contributed by atoms with Gasteiger partial charge in [0.2, 0.25) is 5.91 Å². The zero-order valence-electron chi connectivity index (χ0n) is 14.0. The molecule has 1 heterocycles. The van der Waals surface area contributed by atoms with Crippen LogP contribution in [0.1, 0.15) is 37.3 Å². The molecule has 0 aliphatic carbocycles. The van der Waals surface area contributed by atoms with Crippen LogP contribution in [0.2, 0.25) is 0 Å². The van der Waals surface area contributed by atoms with Gasteiger partial charge in [0.05, 0.1) is 18.9 Å². The number of nitrogens with zero attached hydrogens (tertiary/aromatic N) is 1. The van der Waals surface area contributed by atoms with Gasteiger partial charge in [-0.05, 0) is 56.9 Å². The van der Waals surface area contributed by atoms with Crippen LogP contribution in [-0.2, 0) is 9.59 Å². The summed E-state index contributed by atoms with van der Waals surface area (Å²) in [5.41, 5.74) is 2.25. The van der Waals surface area contributed by atoms with Crippen molar-refractivity contribution in [1.29, 1.82) is 0 Å². The zero-order chi connectivity index (χ0) is 17.0. The minimum absolute atomic E-state index is 0.0344. The smallest absolute Gasteiger partial charge is 0.308 e. The molecule has 2 rings (SSSR count). The molecule has 1 N–H and O–H groups in total. The molecule has 1 fully saturated rings. The Morgan fingerprint density at radius 2 is 1.91 bits per heavy atom. The van der Waals surface area contributed by atoms with Crippen molar-refractivity contribution in [2.24, 2.45) is 5.92 Å². The van der Waals surface area contributed by atoms with E-state index >= 15 is 0 Å². The van der Waals surface area contributed by atoms with Gasteiger partial charge in [-0.15, -0.1) is 0 Å². The molecule has 0 spiro atoms. The van der Waals surface area contributed by atoms with Gasteiger partial charge in [-0.25, -0.2) is 0 Å². The summed E-state index contributed by atoms with van der Waals surface area (Å²) < 4.78 is 5.67. The average Bonchev–Trinajstić information content (AvgIpc) is 2.46. The van der Waals surface area contributed by atoms with Crippen molar-refractivity contribution in [1.82, 2.24) is 4.90 Å². The van der Waals surface area contributed by atoms with Gasteiger partial charge in [-0.1, -0.05) is 6.07 Å². The fourth-order valence-electron chi connectivity index (χ4n) is 3.24. The summed E-state index contributed by atoms with van der Waals surface area (Å²) in [6.07, 6.45) is 1.65. The first-order valence-electron chi connectivity index (χ1n) is 8.12. The summed E-state index contributed by atoms with van der Waals surface area (Å²) in [7, 11) is 0. The van der Waals surface area contributed by atoms with E-state index in [1.807, 2.05) is 32.9 Å². The first-order chi connectivity index (χ1) is 10.9. The molecular formula is C18H25NO4. The second kappa shape index (κ2) is 7.49. The summed E-state index contributed by atoms with van der Waals surface area (Å²) in [5, 5.41) is 9.22. The third-order valence-corrected chi connectivity index (χ3v) is 4.41. The van der Waals surface area contributed by atoms with Crippen molar-refractivity contribution < 1.29 is 19.4 Å². The number of benzene rings is 1. The number of carboxylic acids is 1. The molecule has 126 valence electrons. The number of rotatable bonds is 5. The van der Waals surface area contributed by atoms with Gasteiger partial charge in [0, 0.05) is 12.6 Å². The van der Waals surface area contributed by atoms with E-state index in [0.29, 0.717) is 19.6 Å². The van der Waals surface area contributed by atoms with Gasteiger partial charge < -0.3 is 14.7 Å². The molecule has 0 aromatic heterocycles. The van der Waals surface area contributed by atoms with Crippen molar-refractivity contribution in [3.05, 3.63) is 29.3 Å². The summed E-state index contributed by atoms with van der Waals surface area (Å²) in [5.74, 6) is -0.548. The Labute approximate surface area is 137 Å². The lowest BCUT2D eigenvalue weighted by molar-refractivity contribution is -0.149. The lowest BCUT2D eigenvalue weighted by Gasteiger charge is -2.37. The molecule has 0 unspecified atom stereocenters. The van der Waals surface area contributed by atoms with Crippen LogP contribution < -0.4 is 4.74 Å². The highest BCUT2D eigenvalue weighted by molar-refractivity contribution is 5.78. The van der Waals surface area contributed by atoms with Gasteiger partial charge in [-0.3, -0.25) is 9.59 Å². The van der Waals surface area contributed by atoms with E-state index in [1.165, 1.54) is 0 Å². The Morgan fingerprint density at radius 3 is 2.52 bits per heavy atom. The van der Waals surface area contributed by atoms with Crippen molar-refractivity contribution in [3.63, 3.8) is 0 Å². The van der Waals surface area contributed by atoms with E-state index in [4.69, 9.17) is 4.74 Å². The maximum atomic E-state index is 12.4. The molecule has 0 bridgehead atoms. The molecule has 1 amide bonds. The monoisotopic (exact) mass is 319 g/mol. The second-order valence-corrected chi connectivity index (χ2v) is 6.34. The van der Waals surface area contributed by atoms with Crippen LogP contribution in [0.4, 0.5) is 0 Å². The predicted molar refractivity (Wildman–Crippen MR) is 87.6 cm³/mol. The van der Waals surface area contributed by atoms with Gasteiger partial charge in [0.1, 0.15) is 5.75 Å². The highest BCUT2D eigenvalue weighted by Gasteiger charge is 2.34. The average molecular weight is 319 g/mol. The van der Waals surface area contributed by atoms with Gasteiger partial charge in [0.25, 0.3) is 0 Å². The Balaban J connectivity index is 1.88. The molecule has 5 nitrogen and oxygen atoms in total. The van der Waals surface area contributed by atoms with E-state index in [1.54, 1.807) is 4.90 Å². The topological polar surface area (TPSA) is 66.8 Å². The van der Waals surface area contributed by atoms with Gasteiger partial charge >= 0.3 is 5.97 Å². The highest BCUT2D eigenvalue weighted by atomic mass is 16.5. The standard InChI is InChI=1S/C18H25NO4/c1-12-9-13(2)11-15(10-12)23-8-6-17(20)19-7-4-5-16(14(19)3)18(21)22/h9-11,14,16H,4-8H2,1-3H3,(H,21,22)/t14-,16-/m1/s1.